The van der Waals surface area contributed by atoms with E-state index in [4.69, 9.17) is 9.47 Å². The number of aliphatic hydroxyl groups is 2. The zero-order chi connectivity index (χ0) is 21.0. The molecule has 1 heterocycles. The van der Waals surface area contributed by atoms with Gasteiger partial charge in [0, 0.05) is 13.5 Å². The van der Waals surface area contributed by atoms with Gasteiger partial charge in [0.1, 0.15) is 12.2 Å². The Morgan fingerprint density at radius 2 is 1.97 bits per heavy atom. The number of hydrogen-bond acceptors (Lipinski definition) is 6. The van der Waals surface area contributed by atoms with Crippen LogP contribution in [0.3, 0.4) is 0 Å². The molecule has 0 radical (unpaired) electrons. The van der Waals surface area contributed by atoms with Crippen molar-refractivity contribution in [2.24, 2.45) is 5.92 Å². The predicted molar refractivity (Wildman–Crippen MR) is 107 cm³/mol. The van der Waals surface area contributed by atoms with Crippen LogP contribution in [0.15, 0.2) is 12.2 Å². The molecule has 3 aliphatic rings. The molecular weight excluding hydrogens is 374 g/mol. The van der Waals surface area contributed by atoms with Crippen molar-refractivity contribution in [2.45, 2.75) is 101 Å². The maximum absolute atomic E-state index is 12.6. The molecule has 0 aromatic rings. The minimum Gasteiger partial charge on any atom is -0.390 e. The minimum absolute atomic E-state index is 0.0432. The first-order chi connectivity index (χ1) is 13.9. The average molecular weight is 410 g/mol. The zero-order valence-electron chi connectivity index (χ0n) is 17.5. The van der Waals surface area contributed by atoms with Crippen molar-refractivity contribution >= 4 is 11.7 Å². The third-order valence-electron chi connectivity index (χ3n) is 6.56. The number of carbonyl (C=O) groups is 2. The highest BCUT2D eigenvalue weighted by Gasteiger charge is 2.72. The fraction of sp³-hybridized carbons (Fsp3) is 0.818. The quantitative estimate of drug-likeness (QED) is 0.272. The Balaban J connectivity index is 1.45. The van der Waals surface area contributed by atoms with Gasteiger partial charge in [-0.15, -0.1) is 0 Å². The Labute approximate surface area is 172 Å². The van der Waals surface area contributed by atoms with E-state index in [2.05, 4.69) is 12.2 Å². The Morgan fingerprint density at radius 3 is 2.66 bits per heavy atom. The van der Waals surface area contributed by atoms with E-state index in [0.29, 0.717) is 0 Å². The van der Waals surface area contributed by atoms with E-state index in [-0.39, 0.29) is 18.4 Å². The second-order valence-electron chi connectivity index (χ2n) is 8.66. The lowest BCUT2D eigenvalue weighted by atomic mass is 9.63. The Kier molecular flexibility index (Phi) is 7.48. The number of methoxy groups -OCH3 is 1. The second kappa shape index (κ2) is 9.69. The van der Waals surface area contributed by atoms with Crippen LogP contribution in [0.4, 0.5) is 0 Å². The minimum atomic E-state index is -1.66. The second-order valence-corrected chi connectivity index (χ2v) is 8.66. The average Bonchev–Trinajstić information content (AvgIpc) is 3.49. The molecule has 2 aliphatic carbocycles. The molecule has 3 rings (SSSR count). The van der Waals surface area contributed by atoms with E-state index in [1.54, 1.807) is 0 Å². The van der Waals surface area contributed by atoms with E-state index < -0.39 is 41.7 Å². The first-order valence-electron chi connectivity index (χ1n) is 11.0. The lowest BCUT2D eigenvalue weighted by molar-refractivity contribution is -0.173. The molecule has 7 nitrogen and oxygen atoms in total. The van der Waals surface area contributed by atoms with Crippen molar-refractivity contribution in [2.75, 3.05) is 7.11 Å². The summed E-state index contributed by atoms with van der Waals surface area (Å²) in [5.41, 5.74) is -1.66. The summed E-state index contributed by atoms with van der Waals surface area (Å²) in [5, 5.41) is 24.3. The normalized spacial score (nSPS) is 38.1. The van der Waals surface area contributed by atoms with Crippen LogP contribution < -0.4 is 5.32 Å². The van der Waals surface area contributed by atoms with Crippen molar-refractivity contribution in [1.29, 1.82) is 0 Å². The third kappa shape index (κ3) is 4.74. The summed E-state index contributed by atoms with van der Waals surface area (Å²) < 4.78 is 10.8. The van der Waals surface area contributed by atoms with Crippen LogP contribution in [-0.2, 0) is 19.1 Å². The van der Waals surface area contributed by atoms with Gasteiger partial charge >= 0.3 is 0 Å². The van der Waals surface area contributed by atoms with Crippen LogP contribution in [0.25, 0.3) is 0 Å². The summed E-state index contributed by atoms with van der Waals surface area (Å²) in [4.78, 5) is 24.9. The summed E-state index contributed by atoms with van der Waals surface area (Å²) in [5.74, 6) is -1.67. The van der Waals surface area contributed by atoms with E-state index >= 15 is 0 Å². The lowest BCUT2D eigenvalue weighted by Crippen LogP contribution is -2.69. The summed E-state index contributed by atoms with van der Waals surface area (Å²) in [6.45, 7) is 2.21. The molecule has 2 bridgehead atoms. The highest BCUT2D eigenvalue weighted by molar-refractivity contribution is 5.95. The first kappa shape index (κ1) is 22.4. The SMILES string of the molecule is CCCCCCCCC/C=C/C(=O)N[C@H]1C[C@@]2(O)C(=O)[C@@H]([C@H]1O)[C@H](OC)[C@@H]1O[C@@H]12. The number of allylic oxidation sites excluding steroid dienone is 1. The Hall–Kier alpha value is -1.28. The number of epoxide rings is 1. The van der Waals surface area contributed by atoms with Gasteiger partial charge in [-0.05, 0) is 18.9 Å². The number of hydrogen-bond donors (Lipinski definition) is 3. The third-order valence-corrected chi connectivity index (χ3v) is 6.56. The van der Waals surface area contributed by atoms with Gasteiger partial charge in [0.05, 0.1) is 24.2 Å². The van der Waals surface area contributed by atoms with Crippen LogP contribution in [0.1, 0.15) is 64.7 Å². The number of unbranched alkanes of at least 4 members (excludes halogenated alkanes) is 7. The number of ether oxygens (including phenoxy) is 2. The van der Waals surface area contributed by atoms with Crippen LogP contribution >= 0.6 is 0 Å². The maximum Gasteiger partial charge on any atom is 0.243 e. The van der Waals surface area contributed by atoms with Gasteiger partial charge in [-0.1, -0.05) is 51.5 Å². The number of amides is 1. The fourth-order valence-corrected chi connectivity index (χ4v) is 4.87. The van der Waals surface area contributed by atoms with Crippen molar-refractivity contribution in [3.05, 3.63) is 12.2 Å². The molecule has 0 aromatic heterocycles. The smallest absolute Gasteiger partial charge is 0.243 e. The molecule has 2 saturated carbocycles. The molecule has 1 aliphatic heterocycles. The van der Waals surface area contributed by atoms with Gasteiger partial charge in [0.15, 0.2) is 11.4 Å². The van der Waals surface area contributed by atoms with Crippen molar-refractivity contribution in [3.63, 3.8) is 0 Å². The molecular formula is C22H35NO6. The van der Waals surface area contributed by atoms with E-state index in [1.807, 2.05) is 6.08 Å². The summed E-state index contributed by atoms with van der Waals surface area (Å²) in [6, 6.07) is -0.721. The lowest BCUT2D eigenvalue weighted by Gasteiger charge is -2.46. The maximum atomic E-state index is 12.6. The molecule has 3 N–H and O–H groups in total. The molecule has 0 aromatic carbocycles. The predicted octanol–water partition coefficient (Wildman–Crippen LogP) is 1.65. The summed E-state index contributed by atoms with van der Waals surface area (Å²) in [6.07, 6.45) is 9.97. The van der Waals surface area contributed by atoms with Crippen molar-refractivity contribution in [1.82, 2.24) is 5.32 Å². The van der Waals surface area contributed by atoms with Gasteiger partial charge in [0.2, 0.25) is 5.91 Å². The molecule has 1 saturated heterocycles. The number of ketones is 1. The van der Waals surface area contributed by atoms with Crippen molar-refractivity contribution in [3.8, 4) is 0 Å². The molecule has 29 heavy (non-hydrogen) atoms. The van der Waals surface area contributed by atoms with Gasteiger partial charge in [-0.25, -0.2) is 0 Å². The molecule has 7 atom stereocenters. The van der Waals surface area contributed by atoms with Crippen LogP contribution in [0.2, 0.25) is 0 Å². The standard InChI is InChI=1S/C22H35NO6/c1-3-4-5-6-7-8-9-10-11-12-15(24)23-14-13-22(27)20(26)16(17(14)25)18(28-2)19-21(22)29-19/h11-12,14,16-19,21,25,27H,3-10,13H2,1-2H3,(H,23,24)/b12-11+/t14-,16-,17-,18-,19-,21-,22+/m0/s1. The first-order valence-corrected chi connectivity index (χ1v) is 11.0. The molecule has 0 unspecified atom stereocenters. The number of fused-ring (bicyclic) bond motifs is 4. The molecule has 7 heteroatoms. The number of carbonyl (C=O) groups excluding carboxylic acids is 2. The summed E-state index contributed by atoms with van der Waals surface area (Å²) in [7, 11) is 1.46. The van der Waals surface area contributed by atoms with E-state index in [1.165, 1.54) is 45.3 Å². The highest BCUT2D eigenvalue weighted by Crippen LogP contribution is 2.51. The van der Waals surface area contributed by atoms with Gasteiger partial charge in [0.25, 0.3) is 0 Å². The van der Waals surface area contributed by atoms with Crippen LogP contribution in [0.5, 0.6) is 0 Å². The number of nitrogens with one attached hydrogen (secondary N) is 1. The topological polar surface area (TPSA) is 108 Å². The molecule has 0 spiro atoms. The van der Waals surface area contributed by atoms with E-state index in [0.717, 1.165) is 19.3 Å². The molecule has 1 amide bonds. The van der Waals surface area contributed by atoms with Crippen LogP contribution in [-0.4, -0.2) is 65.1 Å². The number of Topliss-reactive ketones (excluding diaryl/α,β-unsaturated/α-hetero) is 1. The number of rotatable bonds is 11. The number of aliphatic hydroxyl groups excluding tert-OH is 1. The van der Waals surface area contributed by atoms with Gasteiger partial charge in [-0.2, -0.15) is 0 Å². The monoisotopic (exact) mass is 409 g/mol. The molecule has 164 valence electrons. The van der Waals surface area contributed by atoms with Crippen LogP contribution in [0, 0.1) is 5.92 Å². The Morgan fingerprint density at radius 1 is 1.28 bits per heavy atom. The van der Waals surface area contributed by atoms with Crippen molar-refractivity contribution < 1.29 is 29.3 Å². The fourth-order valence-electron chi connectivity index (χ4n) is 4.87. The molecule has 3 fully saturated rings. The van der Waals surface area contributed by atoms with Gasteiger partial charge in [-0.3, -0.25) is 9.59 Å². The zero-order valence-corrected chi connectivity index (χ0v) is 17.5. The largest absolute Gasteiger partial charge is 0.390 e. The van der Waals surface area contributed by atoms with Gasteiger partial charge < -0.3 is 25.0 Å². The summed E-state index contributed by atoms with van der Waals surface area (Å²) >= 11 is 0. The Bertz CT molecular complexity index is 622. The highest BCUT2D eigenvalue weighted by atomic mass is 16.6. The van der Waals surface area contributed by atoms with E-state index in [9.17, 15) is 19.8 Å².